The van der Waals surface area contributed by atoms with Gasteiger partial charge >= 0.3 is 0 Å². The first-order chi connectivity index (χ1) is 14.9. The standard InChI is InChI=1S/C21H26N4O5S2/c1-12-10-13(2)20(14(3)19(12)25-31(4,26)27)32(28,29)24-15-7-8-16-17(11-15)23-21(22-16)18-6-5-9-30-18/h7-8,10-11,18,24-25H,5-6,9H2,1-4H3,(H,22,23). The highest BCUT2D eigenvalue weighted by atomic mass is 32.2. The molecule has 1 fully saturated rings. The van der Waals surface area contributed by atoms with Crippen molar-refractivity contribution in [2.75, 3.05) is 22.3 Å². The quantitative estimate of drug-likeness (QED) is 0.497. The number of aryl methyl sites for hydroxylation is 2. The van der Waals surface area contributed by atoms with Crippen molar-refractivity contribution in [1.29, 1.82) is 0 Å². The van der Waals surface area contributed by atoms with Gasteiger partial charge in [0.2, 0.25) is 10.0 Å². The molecule has 1 aliphatic heterocycles. The third kappa shape index (κ3) is 4.45. The summed E-state index contributed by atoms with van der Waals surface area (Å²) in [5.74, 6) is 0.735. The Balaban J connectivity index is 1.70. The highest BCUT2D eigenvalue weighted by Crippen LogP contribution is 2.33. The van der Waals surface area contributed by atoms with Crippen LogP contribution in [0.15, 0.2) is 29.2 Å². The van der Waals surface area contributed by atoms with E-state index in [4.69, 9.17) is 4.74 Å². The number of nitrogens with one attached hydrogen (secondary N) is 3. The molecular weight excluding hydrogens is 452 g/mol. The van der Waals surface area contributed by atoms with Crippen LogP contribution < -0.4 is 9.44 Å². The molecule has 1 unspecified atom stereocenters. The van der Waals surface area contributed by atoms with E-state index in [0.717, 1.165) is 30.4 Å². The number of imidazole rings is 1. The first-order valence-corrected chi connectivity index (χ1v) is 13.5. The lowest BCUT2D eigenvalue weighted by Gasteiger charge is -2.18. The first-order valence-electron chi connectivity index (χ1n) is 10.2. The highest BCUT2D eigenvalue weighted by Gasteiger charge is 2.25. The largest absolute Gasteiger partial charge is 0.370 e. The Bertz CT molecular complexity index is 1410. The maximum atomic E-state index is 13.3. The smallest absolute Gasteiger partial charge is 0.262 e. The molecule has 0 aliphatic carbocycles. The van der Waals surface area contributed by atoms with E-state index in [9.17, 15) is 16.8 Å². The Kier molecular flexibility index (Phi) is 5.68. The van der Waals surface area contributed by atoms with Gasteiger partial charge in [0, 0.05) is 6.61 Å². The molecule has 0 radical (unpaired) electrons. The molecule has 0 amide bonds. The van der Waals surface area contributed by atoms with Gasteiger partial charge in [-0.25, -0.2) is 21.8 Å². The van der Waals surface area contributed by atoms with Crippen LogP contribution in [0.4, 0.5) is 11.4 Å². The summed E-state index contributed by atoms with van der Waals surface area (Å²) in [6.07, 6.45) is 2.84. The van der Waals surface area contributed by atoms with Gasteiger partial charge in [-0.3, -0.25) is 9.44 Å². The molecular formula is C21H26N4O5S2. The van der Waals surface area contributed by atoms with E-state index in [2.05, 4.69) is 19.4 Å². The van der Waals surface area contributed by atoms with Crippen LogP contribution in [-0.2, 0) is 24.8 Å². The summed E-state index contributed by atoms with van der Waals surface area (Å²) in [5, 5.41) is 0. The van der Waals surface area contributed by atoms with Crippen LogP contribution in [0, 0.1) is 20.8 Å². The predicted octanol–water partition coefficient (Wildman–Crippen LogP) is 3.51. The number of aromatic nitrogens is 2. The lowest BCUT2D eigenvalue weighted by atomic mass is 10.1. The van der Waals surface area contributed by atoms with E-state index in [-0.39, 0.29) is 16.7 Å². The van der Waals surface area contributed by atoms with E-state index in [1.165, 1.54) is 0 Å². The molecule has 2 aromatic carbocycles. The van der Waals surface area contributed by atoms with Crippen LogP contribution in [0.2, 0.25) is 0 Å². The van der Waals surface area contributed by atoms with Gasteiger partial charge in [0.15, 0.2) is 0 Å². The molecule has 3 N–H and O–H groups in total. The molecule has 9 nitrogen and oxygen atoms in total. The molecule has 1 aliphatic rings. The van der Waals surface area contributed by atoms with Crippen molar-refractivity contribution in [2.24, 2.45) is 0 Å². The van der Waals surface area contributed by atoms with Crippen molar-refractivity contribution in [2.45, 2.75) is 44.6 Å². The number of ether oxygens (including phenoxy) is 1. The molecule has 1 atom stereocenters. The monoisotopic (exact) mass is 478 g/mol. The molecule has 172 valence electrons. The predicted molar refractivity (Wildman–Crippen MR) is 124 cm³/mol. The molecule has 3 aromatic rings. The number of fused-ring (bicyclic) bond motifs is 1. The topological polar surface area (TPSA) is 130 Å². The van der Waals surface area contributed by atoms with Gasteiger partial charge < -0.3 is 9.72 Å². The summed E-state index contributed by atoms with van der Waals surface area (Å²) in [6, 6.07) is 6.73. The van der Waals surface area contributed by atoms with Crippen molar-refractivity contribution in [3.05, 3.63) is 46.8 Å². The summed E-state index contributed by atoms with van der Waals surface area (Å²) < 4.78 is 60.8. The molecule has 32 heavy (non-hydrogen) atoms. The third-order valence-electron chi connectivity index (χ3n) is 5.44. The summed E-state index contributed by atoms with van der Waals surface area (Å²) in [4.78, 5) is 7.81. The fourth-order valence-corrected chi connectivity index (χ4v) is 6.38. The summed E-state index contributed by atoms with van der Waals surface area (Å²) in [7, 11) is -7.56. The number of H-pyrrole nitrogens is 1. The molecule has 2 heterocycles. The SMILES string of the molecule is Cc1cc(C)c(S(=O)(=O)Nc2ccc3nc(C4CCCO4)[nH]c3c2)c(C)c1NS(C)(=O)=O. The zero-order chi connectivity index (χ0) is 23.3. The van der Waals surface area contributed by atoms with Crippen molar-refractivity contribution in [3.8, 4) is 0 Å². The van der Waals surface area contributed by atoms with Crippen LogP contribution in [-0.4, -0.2) is 39.7 Å². The minimum atomic E-state index is -3.99. The Morgan fingerprint density at radius 3 is 2.47 bits per heavy atom. The number of rotatable bonds is 6. The van der Waals surface area contributed by atoms with Gasteiger partial charge in [-0.2, -0.15) is 0 Å². The van der Waals surface area contributed by atoms with Crippen molar-refractivity contribution in [3.63, 3.8) is 0 Å². The number of benzene rings is 2. The van der Waals surface area contributed by atoms with Crippen LogP contribution in [0.3, 0.4) is 0 Å². The van der Waals surface area contributed by atoms with Gasteiger partial charge in [-0.15, -0.1) is 0 Å². The summed E-state index contributed by atoms with van der Waals surface area (Å²) >= 11 is 0. The summed E-state index contributed by atoms with van der Waals surface area (Å²) in [6.45, 7) is 5.71. The van der Waals surface area contributed by atoms with E-state index in [1.807, 2.05) is 0 Å². The average molecular weight is 479 g/mol. The minimum absolute atomic E-state index is 0.0407. The van der Waals surface area contributed by atoms with Gasteiger partial charge in [0.05, 0.1) is 33.6 Å². The third-order valence-corrected chi connectivity index (χ3v) is 7.69. The fourth-order valence-electron chi connectivity index (χ4n) is 4.17. The Morgan fingerprint density at radius 1 is 1.06 bits per heavy atom. The van der Waals surface area contributed by atoms with Gasteiger partial charge in [-0.05, 0) is 68.5 Å². The number of aromatic amines is 1. The zero-order valence-electron chi connectivity index (χ0n) is 18.3. The van der Waals surface area contributed by atoms with Gasteiger partial charge in [-0.1, -0.05) is 6.07 Å². The Morgan fingerprint density at radius 2 is 1.81 bits per heavy atom. The van der Waals surface area contributed by atoms with Gasteiger partial charge in [0.25, 0.3) is 10.0 Å². The van der Waals surface area contributed by atoms with Crippen LogP contribution in [0.5, 0.6) is 0 Å². The molecule has 1 saturated heterocycles. The number of hydrogen-bond acceptors (Lipinski definition) is 6. The van der Waals surface area contributed by atoms with E-state index < -0.39 is 20.0 Å². The average Bonchev–Trinajstić information content (AvgIpc) is 3.32. The minimum Gasteiger partial charge on any atom is -0.370 e. The second kappa shape index (κ2) is 8.05. The molecule has 4 rings (SSSR count). The lowest BCUT2D eigenvalue weighted by Crippen LogP contribution is -2.19. The van der Waals surface area contributed by atoms with Crippen molar-refractivity contribution < 1.29 is 21.6 Å². The normalized spacial score (nSPS) is 17.1. The lowest BCUT2D eigenvalue weighted by molar-refractivity contribution is 0.106. The van der Waals surface area contributed by atoms with Crippen molar-refractivity contribution >= 4 is 42.5 Å². The number of hydrogen-bond donors (Lipinski definition) is 3. The maximum Gasteiger partial charge on any atom is 0.262 e. The fraction of sp³-hybridized carbons (Fsp3) is 0.381. The second-order valence-electron chi connectivity index (χ2n) is 8.17. The molecule has 1 aromatic heterocycles. The second-order valence-corrected chi connectivity index (χ2v) is 11.5. The Labute approximate surface area is 187 Å². The van der Waals surface area contributed by atoms with E-state index in [1.54, 1.807) is 45.0 Å². The Hall–Kier alpha value is -2.63. The summed E-state index contributed by atoms with van der Waals surface area (Å²) in [5.41, 5.74) is 3.57. The highest BCUT2D eigenvalue weighted by molar-refractivity contribution is 7.93. The molecule has 0 bridgehead atoms. The van der Waals surface area contributed by atoms with E-state index >= 15 is 0 Å². The van der Waals surface area contributed by atoms with Crippen LogP contribution in [0.1, 0.15) is 41.5 Å². The maximum absolute atomic E-state index is 13.3. The van der Waals surface area contributed by atoms with Crippen molar-refractivity contribution in [1.82, 2.24) is 9.97 Å². The molecule has 11 heteroatoms. The zero-order valence-corrected chi connectivity index (χ0v) is 19.9. The number of sulfonamides is 2. The van der Waals surface area contributed by atoms with Crippen LogP contribution >= 0.6 is 0 Å². The molecule has 0 spiro atoms. The molecule has 0 saturated carbocycles. The first kappa shape index (κ1) is 22.6. The number of anilines is 2. The van der Waals surface area contributed by atoms with Crippen LogP contribution in [0.25, 0.3) is 11.0 Å². The van der Waals surface area contributed by atoms with Gasteiger partial charge in [0.1, 0.15) is 11.9 Å². The number of nitrogens with zero attached hydrogens (tertiary/aromatic N) is 1. The van der Waals surface area contributed by atoms with E-state index in [0.29, 0.717) is 34.5 Å².